The Hall–Kier alpha value is -1.79. The molecule has 0 saturated carbocycles. The number of benzene rings is 1. The van der Waals surface area contributed by atoms with Crippen LogP contribution in [0, 0.1) is 0 Å². The van der Waals surface area contributed by atoms with E-state index < -0.39 is 12.7 Å². The molecule has 4 nitrogen and oxygen atoms in total. The van der Waals surface area contributed by atoms with Crippen molar-refractivity contribution in [3.05, 3.63) is 12.1 Å². The van der Waals surface area contributed by atoms with Crippen LogP contribution in [0.15, 0.2) is 12.1 Å². The highest BCUT2D eigenvalue weighted by molar-refractivity contribution is 5.73. The normalized spacial score (nSPS) is 11.6. The summed E-state index contributed by atoms with van der Waals surface area (Å²) >= 11 is 0. The van der Waals surface area contributed by atoms with Crippen molar-refractivity contribution in [2.75, 3.05) is 31.4 Å². The molecule has 0 amide bonds. The largest absolute Gasteiger partial charge is 0.493 e. The summed E-state index contributed by atoms with van der Waals surface area (Å²) in [6.07, 6.45) is -4.32. The summed E-state index contributed by atoms with van der Waals surface area (Å²) in [5.74, 6) is 0.717. The van der Waals surface area contributed by atoms with Crippen molar-refractivity contribution in [3.63, 3.8) is 0 Å². The SMILES string of the molecule is COc1cc(N)c(N(CC(F)(F)F)C(C)C)cc1OC. The quantitative estimate of drug-likeness (QED) is 0.847. The maximum absolute atomic E-state index is 12.7. The van der Waals surface area contributed by atoms with Crippen molar-refractivity contribution >= 4 is 11.4 Å². The number of nitrogens with zero attached hydrogens (tertiary/aromatic N) is 1. The molecule has 20 heavy (non-hydrogen) atoms. The van der Waals surface area contributed by atoms with Crippen LogP contribution < -0.4 is 20.1 Å². The molecule has 0 saturated heterocycles. The van der Waals surface area contributed by atoms with E-state index in [-0.39, 0.29) is 17.4 Å². The minimum Gasteiger partial charge on any atom is -0.493 e. The number of hydrogen-bond donors (Lipinski definition) is 1. The minimum absolute atomic E-state index is 0.209. The van der Waals surface area contributed by atoms with E-state index in [0.717, 1.165) is 0 Å². The fourth-order valence-electron chi connectivity index (χ4n) is 1.87. The number of nitrogen functional groups attached to an aromatic ring is 1. The predicted octanol–water partition coefficient (Wildman–Crippen LogP) is 3.06. The number of rotatable bonds is 5. The van der Waals surface area contributed by atoms with Crippen LogP contribution in [0.4, 0.5) is 24.5 Å². The molecular formula is C13H19F3N2O2. The van der Waals surface area contributed by atoms with Gasteiger partial charge in [0.1, 0.15) is 6.54 Å². The number of methoxy groups -OCH3 is 2. The molecule has 1 aromatic carbocycles. The first kappa shape index (κ1) is 16.3. The van der Waals surface area contributed by atoms with E-state index in [9.17, 15) is 13.2 Å². The Kier molecular flexibility index (Phi) is 4.97. The lowest BCUT2D eigenvalue weighted by Crippen LogP contribution is -2.39. The minimum atomic E-state index is -4.32. The number of hydrogen-bond acceptors (Lipinski definition) is 4. The maximum atomic E-state index is 12.7. The predicted molar refractivity (Wildman–Crippen MR) is 72.5 cm³/mol. The molecule has 114 valence electrons. The Morgan fingerprint density at radius 1 is 1.15 bits per heavy atom. The van der Waals surface area contributed by atoms with Gasteiger partial charge in [-0.1, -0.05) is 0 Å². The van der Waals surface area contributed by atoms with Crippen LogP contribution >= 0.6 is 0 Å². The molecule has 0 bridgehead atoms. The second-order valence-corrected chi connectivity index (χ2v) is 4.60. The first-order valence-electron chi connectivity index (χ1n) is 6.04. The molecule has 7 heteroatoms. The van der Waals surface area contributed by atoms with Crippen LogP contribution in [0.2, 0.25) is 0 Å². The number of anilines is 2. The zero-order valence-corrected chi connectivity index (χ0v) is 11.9. The summed E-state index contributed by atoms with van der Waals surface area (Å²) in [6.45, 7) is 2.26. The van der Waals surface area contributed by atoms with Gasteiger partial charge in [0.15, 0.2) is 11.5 Å². The van der Waals surface area contributed by atoms with Gasteiger partial charge in [0.25, 0.3) is 0 Å². The van der Waals surface area contributed by atoms with E-state index in [1.54, 1.807) is 13.8 Å². The average molecular weight is 292 g/mol. The topological polar surface area (TPSA) is 47.7 Å². The van der Waals surface area contributed by atoms with Gasteiger partial charge in [-0.05, 0) is 13.8 Å². The van der Waals surface area contributed by atoms with Crippen molar-refractivity contribution in [3.8, 4) is 11.5 Å². The summed E-state index contributed by atoms with van der Waals surface area (Å²) in [7, 11) is 2.86. The summed E-state index contributed by atoms with van der Waals surface area (Å²) in [6, 6.07) is 2.55. The zero-order chi connectivity index (χ0) is 15.5. The molecule has 1 rings (SSSR count). The van der Waals surface area contributed by atoms with E-state index >= 15 is 0 Å². The molecule has 0 atom stereocenters. The van der Waals surface area contributed by atoms with Crippen LogP contribution in [0.1, 0.15) is 13.8 Å². The third kappa shape index (κ3) is 3.85. The number of nitrogens with two attached hydrogens (primary N) is 1. The number of ether oxygens (including phenoxy) is 2. The van der Waals surface area contributed by atoms with Gasteiger partial charge in [-0.15, -0.1) is 0 Å². The molecule has 0 aliphatic carbocycles. The highest BCUT2D eigenvalue weighted by Gasteiger charge is 2.33. The third-order valence-corrected chi connectivity index (χ3v) is 2.82. The van der Waals surface area contributed by atoms with Crippen LogP contribution in [0.25, 0.3) is 0 Å². The molecule has 0 radical (unpaired) electrons. The fraction of sp³-hybridized carbons (Fsp3) is 0.538. The van der Waals surface area contributed by atoms with Crippen molar-refractivity contribution in [1.29, 1.82) is 0 Å². The molecule has 1 aromatic rings. The van der Waals surface area contributed by atoms with Gasteiger partial charge in [-0.3, -0.25) is 0 Å². The van der Waals surface area contributed by atoms with Crippen molar-refractivity contribution in [1.82, 2.24) is 0 Å². The van der Waals surface area contributed by atoms with E-state index in [1.807, 2.05) is 0 Å². The molecule has 0 aromatic heterocycles. The van der Waals surface area contributed by atoms with Gasteiger partial charge < -0.3 is 20.1 Å². The average Bonchev–Trinajstić information content (AvgIpc) is 2.34. The fourth-order valence-corrected chi connectivity index (χ4v) is 1.87. The van der Waals surface area contributed by atoms with E-state index in [0.29, 0.717) is 11.5 Å². The molecule has 0 aliphatic rings. The lowest BCUT2D eigenvalue weighted by molar-refractivity contribution is -0.120. The van der Waals surface area contributed by atoms with Crippen molar-refractivity contribution in [2.45, 2.75) is 26.1 Å². The first-order chi connectivity index (χ1) is 9.19. The van der Waals surface area contributed by atoms with Gasteiger partial charge in [0.05, 0.1) is 25.6 Å². The smallest absolute Gasteiger partial charge is 0.405 e. The van der Waals surface area contributed by atoms with Gasteiger partial charge in [0, 0.05) is 18.2 Å². The summed E-state index contributed by atoms with van der Waals surface area (Å²) in [4.78, 5) is 1.18. The van der Waals surface area contributed by atoms with E-state index in [4.69, 9.17) is 15.2 Å². The second-order valence-electron chi connectivity index (χ2n) is 4.60. The van der Waals surface area contributed by atoms with E-state index in [2.05, 4.69) is 0 Å². The van der Waals surface area contributed by atoms with Gasteiger partial charge in [-0.2, -0.15) is 13.2 Å². The molecule has 0 unspecified atom stereocenters. The summed E-state index contributed by atoms with van der Waals surface area (Å²) in [5, 5.41) is 0. The highest BCUT2D eigenvalue weighted by Crippen LogP contribution is 2.38. The Morgan fingerprint density at radius 2 is 1.65 bits per heavy atom. The van der Waals surface area contributed by atoms with Crippen molar-refractivity contribution in [2.24, 2.45) is 0 Å². The Balaban J connectivity index is 3.26. The molecule has 0 spiro atoms. The number of halogens is 3. The van der Waals surface area contributed by atoms with Crippen LogP contribution in [0.3, 0.4) is 0 Å². The van der Waals surface area contributed by atoms with Gasteiger partial charge >= 0.3 is 6.18 Å². The summed E-state index contributed by atoms with van der Waals surface area (Å²) in [5.41, 5.74) is 6.32. The zero-order valence-electron chi connectivity index (χ0n) is 11.9. The van der Waals surface area contributed by atoms with Gasteiger partial charge in [-0.25, -0.2) is 0 Å². The molecule has 0 aliphatic heterocycles. The molecule has 0 heterocycles. The monoisotopic (exact) mass is 292 g/mol. The highest BCUT2D eigenvalue weighted by atomic mass is 19.4. The van der Waals surface area contributed by atoms with Crippen LogP contribution in [-0.2, 0) is 0 Å². The molecular weight excluding hydrogens is 273 g/mol. The van der Waals surface area contributed by atoms with Crippen molar-refractivity contribution < 1.29 is 22.6 Å². The Bertz CT molecular complexity index is 462. The van der Waals surface area contributed by atoms with Crippen LogP contribution in [-0.4, -0.2) is 33.0 Å². The Morgan fingerprint density at radius 3 is 2.05 bits per heavy atom. The molecule has 2 N–H and O–H groups in total. The van der Waals surface area contributed by atoms with Gasteiger partial charge in [0.2, 0.25) is 0 Å². The third-order valence-electron chi connectivity index (χ3n) is 2.82. The van der Waals surface area contributed by atoms with E-state index in [1.165, 1.54) is 31.3 Å². The summed E-state index contributed by atoms with van der Waals surface area (Å²) < 4.78 is 48.2. The Labute approximate surface area is 116 Å². The number of alkyl halides is 3. The lowest BCUT2D eigenvalue weighted by atomic mass is 10.2. The second kappa shape index (κ2) is 6.11. The maximum Gasteiger partial charge on any atom is 0.405 e. The molecule has 0 fully saturated rings. The lowest BCUT2D eigenvalue weighted by Gasteiger charge is -2.31. The van der Waals surface area contributed by atoms with Crippen LogP contribution in [0.5, 0.6) is 11.5 Å². The standard InChI is InChI=1S/C13H19F3N2O2/c1-8(2)18(7-13(14,15)16)10-6-12(20-4)11(19-3)5-9(10)17/h5-6,8H,7,17H2,1-4H3. The first-order valence-corrected chi connectivity index (χ1v) is 6.04.